The van der Waals surface area contributed by atoms with E-state index in [-0.39, 0.29) is 10.8 Å². The van der Waals surface area contributed by atoms with Crippen LogP contribution in [0.25, 0.3) is 21.3 Å². The Kier molecular flexibility index (Phi) is 2.83. The minimum atomic E-state index is -1.08. The molecular formula is C12H5ClF2N2OS. The lowest BCUT2D eigenvalue weighted by Gasteiger charge is -2.04. The molecule has 19 heavy (non-hydrogen) atoms. The fraction of sp³-hybridized carbons (Fsp3) is 0. The Bertz CT molecular complexity index is 843. The van der Waals surface area contributed by atoms with E-state index in [1.807, 2.05) is 0 Å². The summed E-state index contributed by atoms with van der Waals surface area (Å²) in [5, 5.41) is 8.59. The van der Waals surface area contributed by atoms with Gasteiger partial charge in [-0.25, -0.2) is 13.9 Å². The van der Waals surface area contributed by atoms with Gasteiger partial charge in [0.05, 0.1) is 15.3 Å². The van der Waals surface area contributed by atoms with Crippen LogP contribution in [-0.4, -0.2) is 10.2 Å². The lowest BCUT2D eigenvalue weighted by atomic mass is 10.1. The zero-order valence-corrected chi connectivity index (χ0v) is 10.8. The van der Waals surface area contributed by atoms with Gasteiger partial charge in [0.1, 0.15) is 5.69 Å². The van der Waals surface area contributed by atoms with E-state index in [2.05, 4.69) is 10.2 Å². The smallest absolute Gasteiger partial charge is 0.267 e. The summed E-state index contributed by atoms with van der Waals surface area (Å²) in [7, 11) is 0. The van der Waals surface area contributed by atoms with E-state index < -0.39 is 17.2 Å². The van der Waals surface area contributed by atoms with Gasteiger partial charge in [-0.2, -0.15) is 5.10 Å². The minimum absolute atomic E-state index is 0.0355. The Hall–Kier alpha value is -1.79. The molecule has 96 valence electrons. The number of hydrogen-bond donors (Lipinski definition) is 1. The summed E-state index contributed by atoms with van der Waals surface area (Å²) < 4.78 is 26.6. The standard InChI is InChI=1S/C12H5ClF2N2OS/c13-7-1-2-19-11(7)10-5-3-8(14)9(15)4-6(5)12(18)17-16-10/h1-4H,(H,17,18). The molecule has 0 aliphatic heterocycles. The van der Waals surface area contributed by atoms with Gasteiger partial charge in [0.15, 0.2) is 11.6 Å². The highest BCUT2D eigenvalue weighted by Crippen LogP contribution is 2.35. The van der Waals surface area contributed by atoms with Crippen LogP contribution in [0.1, 0.15) is 0 Å². The SMILES string of the molecule is O=c1[nH]nc(-c2sccc2Cl)c2cc(F)c(F)cc12. The first-order chi connectivity index (χ1) is 9.08. The number of thiophene rings is 1. The second-order valence-corrected chi connectivity index (χ2v) is 5.13. The van der Waals surface area contributed by atoms with E-state index >= 15 is 0 Å². The van der Waals surface area contributed by atoms with E-state index in [0.717, 1.165) is 12.1 Å². The van der Waals surface area contributed by atoms with Gasteiger partial charge in [0.2, 0.25) is 0 Å². The molecule has 0 amide bonds. The third-order valence-electron chi connectivity index (χ3n) is 2.66. The Morgan fingerprint density at radius 2 is 1.89 bits per heavy atom. The van der Waals surface area contributed by atoms with Crippen LogP contribution in [0.4, 0.5) is 8.78 Å². The molecule has 0 radical (unpaired) electrons. The van der Waals surface area contributed by atoms with Crippen molar-refractivity contribution in [1.29, 1.82) is 0 Å². The van der Waals surface area contributed by atoms with Crippen molar-refractivity contribution in [2.24, 2.45) is 0 Å². The number of H-pyrrole nitrogens is 1. The molecule has 0 saturated carbocycles. The summed E-state index contributed by atoms with van der Waals surface area (Å²) in [5.41, 5.74) is -0.251. The highest BCUT2D eigenvalue weighted by molar-refractivity contribution is 7.14. The number of aromatic amines is 1. The van der Waals surface area contributed by atoms with Crippen molar-refractivity contribution in [2.45, 2.75) is 0 Å². The van der Waals surface area contributed by atoms with Gasteiger partial charge in [0, 0.05) is 5.39 Å². The first-order valence-electron chi connectivity index (χ1n) is 5.18. The highest BCUT2D eigenvalue weighted by Gasteiger charge is 2.15. The Morgan fingerprint density at radius 1 is 1.21 bits per heavy atom. The molecule has 0 bridgehead atoms. The van der Waals surface area contributed by atoms with Crippen LogP contribution in [0.3, 0.4) is 0 Å². The maximum atomic E-state index is 13.4. The van der Waals surface area contributed by atoms with Crippen molar-refractivity contribution < 1.29 is 8.78 Å². The molecule has 3 rings (SSSR count). The summed E-state index contributed by atoms with van der Waals surface area (Å²) in [5.74, 6) is -2.11. The molecular weight excluding hydrogens is 294 g/mol. The third kappa shape index (κ3) is 1.93. The van der Waals surface area contributed by atoms with Crippen LogP contribution in [0.2, 0.25) is 5.02 Å². The molecule has 0 aliphatic carbocycles. The lowest BCUT2D eigenvalue weighted by molar-refractivity contribution is 0.511. The molecule has 0 saturated heterocycles. The fourth-order valence-electron chi connectivity index (χ4n) is 1.79. The molecule has 2 heterocycles. The summed E-state index contributed by atoms with van der Waals surface area (Å²) in [6, 6.07) is 3.48. The maximum Gasteiger partial charge on any atom is 0.272 e. The molecule has 0 aliphatic rings. The van der Waals surface area contributed by atoms with Crippen molar-refractivity contribution >= 4 is 33.7 Å². The average Bonchev–Trinajstić information content (AvgIpc) is 2.79. The van der Waals surface area contributed by atoms with Crippen molar-refractivity contribution in [3.8, 4) is 10.6 Å². The molecule has 0 fully saturated rings. The first kappa shape index (κ1) is 12.3. The summed E-state index contributed by atoms with van der Waals surface area (Å²) in [6.45, 7) is 0. The molecule has 0 atom stereocenters. The van der Waals surface area contributed by atoms with E-state index in [1.54, 1.807) is 11.4 Å². The second kappa shape index (κ2) is 4.40. The van der Waals surface area contributed by atoms with Crippen LogP contribution in [0, 0.1) is 11.6 Å². The number of fused-ring (bicyclic) bond motifs is 1. The maximum absolute atomic E-state index is 13.4. The Morgan fingerprint density at radius 3 is 2.53 bits per heavy atom. The second-order valence-electron chi connectivity index (χ2n) is 3.81. The van der Waals surface area contributed by atoms with Crippen molar-refractivity contribution in [3.63, 3.8) is 0 Å². The third-order valence-corrected chi connectivity index (χ3v) is 4.01. The normalized spacial score (nSPS) is 11.1. The van der Waals surface area contributed by atoms with Crippen LogP contribution in [0.5, 0.6) is 0 Å². The van der Waals surface area contributed by atoms with Gasteiger partial charge in [-0.05, 0) is 23.6 Å². The molecule has 0 unspecified atom stereocenters. The zero-order valence-electron chi connectivity index (χ0n) is 9.21. The fourth-order valence-corrected chi connectivity index (χ4v) is 2.94. The quantitative estimate of drug-likeness (QED) is 0.746. The zero-order chi connectivity index (χ0) is 13.6. The predicted molar refractivity (Wildman–Crippen MR) is 70.6 cm³/mol. The molecule has 0 spiro atoms. The average molecular weight is 299 g/mol. The molecule has 1 aromatic carbocycles. The molecule has 3 aromatic rings. The summed E-state index contributed by atoms with van der Waals surface area (Å²) in [6.07, 6.45) is 0. The first-order valence-corrected chi connectivity index (χ1v) is 6.44. The monoisotopic (exact) mass is 298 g/mol. The number of nitrogens with one attached hydrogen (secondary N) is 1. The largest absolute Gasteiger partial charge is 0.272 e. The summed E-state index contributed by atoms with van der Waals surface area (Å²) in [4.78, 5) is 12.2. The molecule has 2 aromatic heterocycles. The van der Waals surface area contributed by atoms with Gasteiger partial charge in [-0.1, -0.05) is 11.6 Å². The van der Waals surface area contributed by atoms with Crippen LogP contribution >= 0.6 is 22.9 Å². The van der Waals surface area contributed by atoms with Gasteiger partial charge in [-0.3, -0.25) is 4.79 Å². The van der Waals surface area contributed by atoms with E-state index in [9.17, 15) is 13.6 Å². The lowest BCUT2D eigenvalue weighted by Crippen LogP contribution is -2.10. The number of hydrogen-bond acceptors (Lipinski definition) is 3. The van der Waals surface area contributed by atoms with Gasteiger partial charge in [0.25, 0.3) is 5.56 Å². The highest BCUT2D eigenvalue weighted by atomic mass is 35.5. The number of aromatic nitrogens is 2. The number of halogens is 3. The van der Waals surface area contributed by atoms with E-state index in [1.165, 1.54) is 11.3 Å². The Labute approximate surface area is 114 Å². The number of rotatable bonds is 1. The minimum Gasteiger partial charge on any atom is -0.267 e. The van der Waals surface area contributed by atoms with Crippen molar-refractivity contribution in [1.82, 2.24) is 10.2 Å². The van der Waals surface area contributed by atoms with Gasteiger partial charge < -0.3 is 0 Å². The van der Waals surface area contributed by atoms with Crippen LogP contribution in [-0.2, 0) is 0 Å². The topological polar surface area (TPSA) is 45.8 Å². The van der Waals surface area contributed by atoms with Crippen molar-refractivity contribution in [3.05, 3.63) is 50.6 Å². The predicted octanol–water partition coefficient (Wildman–Crippen LogP) is 3.58. The number of nitrogens with zero attached hydrogens (tertiary/aromatic N) is 1. The molecule has 3 nitrogen and oxygen atoms in total. The van der Waals surface area contributed by atoms with Gasteiger partial charge in [-0.15, -0.1) is 11.3 Å². The van der Waals surface area contributed by atoms with E-state index in [0.29, 0.717) is 15.6 Å². The summed E-state index contributed by atoms with van der Waals surface area (Å²) >= 11 is 7.30. The Balaban J connectivity index is 2.45. The molecule has 7 heteroatoms. The van der Waals surface area contributed by atoms with Crippen LogP contribution < -0.4 is 5.56 Å². The van der Waals surface area contributed by atoms with Crippen molar-refractivity contribution in [2.75, 3.05) is 0 Å². The molecule has 1 N–H and O–H groups in total. The van der Waals surface area contributed by atoms with Gasteiger partial charge >= 0.3 is 0 Å². The van der Waals surface area contributed by atoms with Crippen LogP contribution in [0.15, 0.2) is 28.4 Å². The van der Waals surface area contributed by atoms with E-state index in [4.69, 9.17) is 11.6 Å². The number of benzene rings is 1.